The molecule has 0 atom stereocenters. The predicted molar refractivity (Wildman–Crippen MR) is 78.3 cm³/mol. The quantitative estimate of drug-likeness (QED) is 0.844. The first-order valence-electron chi connectivity index (χ1n) is 6.53. The molecule has 0 unspecified atom stereocenters. The van der Waals surface area contributed by atoms with E-state index in [-0.39, 0.29) is 5.69 Å². The van der Waals surface area contributed by atoms with Crippen LogP contribution in [0.25, 0.3) is 0 Å². The molecule has 6 heteroatoms. The number of benzene rings is 1. The number of nitrogens with zero attached hydrogens (tertiary/aromatic N) is 1. The Hall–Kier alpha value is -2.60. The highest BCUT2D eigenvalue weighted by molar-refractivity contribution is 5.91. The van der Waals surface area contributed by atoms with Gasteiger partial charge in [-0.25, -0.2) is 0 Å². The molecule has 0 spiro atoms. The highest BCUT2D eigenvalue weighted by Gasteiger charge is 2.09. The van der Waals surface area contributed by atoms with E-state index in [1.165, 1.54) is 12.3 Å². The lowest BCUT2D eigenvalue weighted by Gasteiger charge is -2.13. The van der Waals surface area contributed by atoms with E-state index >= 15 is 0 Å². The van der Waals surface area contributed by atoms with E-state index in [1.807, 2.05) is 19.1 Å². The van der Waals surface area contributed by atoms with E-state index in [2.05, 4.69) is 4.98 Å². The number of rotatable bonds is 6. The van der Waals surface area contributed by atoms with E-state index in [0.29, 0.717) is 30.4 Å². The van der Waals surface area contributed by atoms with Gasteiger partial charge in [-0.05, 0) is 30.7 Å². The summed E-state index contributed by atoms with van der Waals surface area (Å²) in [6, 6.07) is 8.58. The fourth-order valence-corrected chi connectivity index (χ4v) is 1.77. The van der Waals surface area contributed by atoms with Crippen molar-refractivity contribution < 1.29 is 14.3 Å². The molecular formula is C15H17N3O3. The third-order valence-corrected chi connectivity index (χ3v) is 2.76. The molecule has 1 amide bonds. The van der Waals surface area contributed by atoms with Crippen LogP contribution in [-0.2, 0) is 6.54 Å². The molecule has 21 heavy (non-hydrogen) atoms. The summed E-state index contributed by atoms with van der Waals surface area (Å²) < 4.78 is 11.3. The minimum absolute atomic E-state index is 0.143. The Morgan fingerprint density at radius 2 is 2.05 bits per heavy atom. The Morgan fingerprint density at radius 3 is 2.71 bits per heavy atom. The second kappa shape index (κ2) is 6.71. The van der Waals surface area contributed by atoms with Gasteiger partial charge in [0.2, 0.25) is 0 Å². The summed E-state index contributed by atoms with van der Waals surface area (Å²) >= 11 is 0. The number of pyridine rings is 1. The van der Waals surface area contributed by atoms with Crippen LogP contribution in [0.4, 0.5) is 0 Å². The molecule has 0 saturated carbocycles. The number of aromatic nitrogens is 1. The maximum absolute atomic E-state index is 11.1. The van der Waals surface area contributed by atoms with Crippen molar-refractivity contribution in [1.29, 1.82) is 0 Å². The monoisotopic (exact) mass is 287 g/mol. The van der Waals surface area contributed by atoms with Gasteiger partial charge in [-0.15, -0.1) is 0 Å². The zero-order valence-electron chi connectivity index (χ0n) is 11.7. The van der Waals surface area contributed by atoms with Crippen LogP contribution in [-0.4, -0.2) is 17.5 Å². The van der Waals surface area contributed by atoms with Crippen molar-refractivity contribution in [3.63, 3.8) is 0 Å². The van der Waals surface area contributed by atoms with Gasteiger partial charge < -0.3 is 20.9 Å². The molecule has 2 rings (SSSR count). The largest absolute Gasteiger partial charge is 0.490 e. The van der Waals surface area contributed by atoms with Crippen molar-refractivity contribution in [3.8, 4) is 17.2 Å². The van der Waals surface area contributed by atoms with Gasteiger partial charge in [0, 0.05) is 18.8 Å². The number of primary amides is 1. The molecule has 1 aromatic heterocycles. The van der Waals surface area contributed by atoms with Gasteiger partial charge in [-0.2, -0.15) is 0 Å². The van der Waals surface area contributed by atoms with Crippen molar-refractivity contribution in [2.75, 3.05) is 6.61 Å². The second-order valence-corrected chi connectivity index (χ2v) is 4.26. The van der Waals surface area contributed by atoms with Gasteiger partial charge in [-0.1, -0.05) is 6.07 Å². The molecule has 1 heterocycles. The zero-order chi connectivity index (χ0) is 15.2. The van der Waals surface area contributed by atoms with Crippen molar-refractivity contribution >= 4 is 5.91 Å². The lowest BCUT2D eigenvalue weighted by atomic mass is 10.2. The number of nitrogens with two attached hydrogens (primary N) is 2. The van der Waals surface area contributed by atoms with E-state index in [9.17, 15) is 4.79 Å². The minimum Gasteiger partial charge on any atom is -0.490 e. The molecular weight excluding hydrogens is 270 g/mol. The highest BCUT2D eigenvalue weighted by Crippen LogP contribution is 2.32. The van der Waals surface area contributed by atoms with Crippen LogP contribution in [0.15, 0.2) is 36.5 Å². The molecule has 0 aliphatic carbocycles. The second-order valence-electron chi connectivity index (χ2n) is 4.26. The van der Waals surface area contributed by atoms with Crippen LogP contribution in [0.1, 0.15) is 23.0 Å². The summed E-state index contributed by atoms with van der Waals surface area (Å²) in [6.45, 7) is 2.81. The SMILES string of the molecule is CCOc1cc(CN)ccc1Oc1ccnc(C(N)=O)c1. The van der Waals surface area contributed by atoms with Gasteiger partial charge in [0.05, 0.1) is 6.61 Å². The van der Waals surface area contributed by atoms with E-state index in [0.717, 1.165) is 5.56 Å². The highest BCUT2D eigenvalue weighted by atomic mass is 16.5. The third-order valence-electron chi connectivity index (χ3n) is 2.76. The van der Waals surface area contributed by atoms with Gasteiger partial charge in [-0.3, -0.25) is 9.78 Å². The number of carbonyl (C=O) groups is 1. The summed E-state index contributed by atoms with van der Waals surface area (Å²) in [5, 5.41) is 0. The van der Waals surface area contributed by atoms with Gasteiger partial charge in [0.1, 0.15) is 11.4 Å². The molecule has 0 aliphatic rings. The average molecular weight is 287 g/mol. The number of hydrogen-bond acceptors (Lipinski definition) is 5. The van der Waals surface area contributed by atoms with Crippen molar-refractivity contribution in [1.82, 2.24) is 4.98 Å². The first-order chi connectivity index (χ1) is 10.1. The van der Waals surface area contributed by atoms with E-state index in [1.54, 1.807) is 12.1 Å². The van der Waals surface area contributed by atoms with Crippen molar-refractivity contribution in [2.24, 2.45) is 11.5 Å². The van der Waals surface area contributed by atoms with Gasteiger partial charge >= 0.3 is 0 Å². The average Bonchev–Trinajstić information content (AvgIpc) is 2.49. The van der Waals surface area contributed by atoms with Crippen molar-refractivity contribution in [2.45, 2.75) is 13.5 Å². The lowest BCUT2D eigenvalue weighted by Crippen LogP contribution is -2.12. The third kappa shape index (κ3) is 3.70. The fourth-order valence-electron chi connectivity index (χ4n) is 1.77. The number of hydrogen-bond donors (Lipinski definition) is 2. The molecule has 2 aromatic rings. The lowest BCUT2D eigenvalue weighted by molar-refractivity contribution is 0.0995. The van der Waals surface area contributed by atoms with Gasteiger partial charge in [0.15, 0.2) is 11.5 Å². The Balaban J connectivity index is 2.30. The molecule has 110 valence electrons. The zero-order valence-corrected chi connectivity index (χ0v) is 11.7. The van der Waals surface area contributed by atoms with Crippen LogP contribution < -0.4 is 20.9 Å². The number of carbonyl (C=O) groups excluding carboxylic acids is 1. The Labute approximate surface area is 122 Å². The van der Waals surface area contributed by atoms with Crippen LogP contribution in [0.3, 0.4) is 0 Å². The molecule has 0 aliphatic heterocycles. The molecule has 4 N–H and O–H groups in total. The normalized spacial score (nSPS) is 10.2. The van der Waals surface area contributed by atoms with Crippen LogP contribution in [0, 0.1) is 0 Å². The van der Waals surface area contributed by atoms with Crippen molar-refractivity contribution in [3.05, 3.63) is 47.8 Å². The first-order valence-corrected chi connectivity index (χ1v) is 6.53. The standard InChI is InChI=1S/C15H17N3O3/c1-2-20-14-7-10(9-16)3-4-13(14)21-11-5-6-18-12(8-11)15(17)19/h3-8H,2,9,16H2,1H3,(H2,17,19). The Morgan fingerprint density at radius 1 is 1.24 bits per heavy atom. The first kappa shape index (κ1) is 14.8. The summed E-state index contributed by atoms with van der Waals surface area (Å²) in [4.78, 5) is 15.0. The van der Waals surface area contributed by atoms with Crippen LogP contribution in [0.5, 0.6) is 17.2 Å². The number of amides is 1. The summed E-state index contributed by atoms with van der Waals surface area (Å²) in [6.07, 6.45) is 1.46. The molecule has 0 bridgehead atoms. The summed E-state index contributed by atoms with van der Waals surface area (Å²) in [5.41, 5.74) is 11.9. The van der Waals surface area contributed by atoms with Crippen LogP contribution in [0.2, 0.25) is 0 Å². The van der Waals surface area contributed by atoms with Crippen LogP contribution >= 0.6 is 0 Å². The maximum Gasteiger partial charge on any atom is 0.267 e. The number of ether oxygens (including phenoxy) is 2. The molecule has 0 radical (unpaired) electrons. The minimum atomic E-state index is -0.607. The maximum atomic E-state index is 11.1. The Bertz CT molecular complexity index is 644. The smallest absolute Gasteiger partial charge is 0.267 e. The Kier molecular flexibility index (Phi) is 4.73. The molecule has 6 nitrogen and oxygen atoms in total. The van der Waals surface area contributed by atoms with Gasteiger partial charge in [0.25, 0.3) is 5.91 Å². The summed E-state index contributed by atoms with van der Waals surface area (Å²) in [5.74, 6) is 0.984. The molecule has 1 aromatic carbocycles. The molecule has 0 fully saturated rings. The molecule has 0 saturated heterocycles. The summed E-state index contributed by atoms with van der Waals surface area (Å²) in [7, 11) is 0. The fraction of sp³-hybridized carbons (Fsp3) is 0.200. The predicted octanol–water partition coefficient (Wildman–Crippen LogP) is 1.83. The topological polar surface area (TPSA) is 100 Å². The van der Waals surface area contributed by atoms with E-state index < -0.39 is 5.91 Å². The van der Waals surface area contributed by atoms with E-state index in [4.69, 9.17) is 20.9 Å².